The Bertz CT molecular complexity index is 525. The molecule has 0 amide bonds. The summed E-state index contributed by atoms with van der Waals surface area (Å²) in [5.74, 6) is 0.699. The summed E-state index contributed by atoms with van der Waals surface area (Å²) in [4.78, 5) is 0. The summed E-state index contributed by atoms with van der Waals surface area (Å²) >= 11 is 6.05. The zero-order chi connectivity index (χ0) is 12.3. The average Bonchev–Trinajstić information content (AvgIpc) is 2.32. The molecule has 0 saturated heterocycles. The fraction of sp³-hybridized carbons (Fsp3) is 0.143. The van der Waals surface area contributed by atoms with Crippen molar-refractivity contribution in [2.24, 2.45) is 0 Å². The summed E-state index contributed by atoms with van der Waals surface area (Å²) in [6.07, 6.45) is 0. The lowest BCUT2D eigenvalue weighted by atomic mass is 10.2. The summed E-state index contributed by atoms with van der Waals surface area (Å²) < 4.78 is 5.68. The molecule has 2 rings (SSSR count). The molecule has 2 N–H and O–H groups in total. The lowest BCUT2D eigenvalue weighted by molar-refractivity contribution is 0.308. The maximum atomic E-state index is 6.05. The number of hydrogen-bond acceptors (Lipinski definition) is 2. The molecule has 2 aromatic rings. The van der Waals surface area contributed by atoms with E-state index in [4.69, 9.17) is 22.1 Å². The number of nitrogens with two attached hydrogens (primary N) is 1. The normalized spacial score (nSPS) is 10.2. The summed E-state index contributed by atoms with van der Waals surface area (Å²) in [5.41, 5.74) is 8.55. The van der Waals surface area contributed by atoms with Gasteiger partial charge in [0.2, 0.25) is 0 Å². The summed E-state index contributed by atoms with van der Waals surface area (Å²) in [5, 5.41) is 0.707. The first-order valence-corrected chi connectivity index (χ1v) is 5.77. The number of rotatable bonds is 3. The smallest absolute Gasteiger partial charge is 0.142 e. The molecule has 2 nitrogen and oxygen atoms in total. The van der Waals surface area contributed by atoms with E-state index in [0.29, 0.717) is 23.1 Å². The van der Waals surface area contributed by atoms with E-state index in [1.54, 1.807) is 0 Å². The highest BCUT2D eigenvalue weighted by molar-refractivity contribution is 6.31. The van der Waals surface area contributed by atoms with Crippen molar-refractivity contribution in [1.29, 1.82) is 0 Å². The van der Waals surface area contributed by atoms with Crippen molar-refractivity contribution in [3.8, 4) is 5.75 Å². The SMILES string of the molecule is Cc1ccc(N)c(OCc2ccccc2Cl)c1. The zero-order valence-corrected chi connectivity index (χ0v) is 10.4. The van der Waals surface area contributed by atoms with Crippen LogP contribution in [0.5, 0.6) is 5.75 Å². The van der Waals surface area contributed by atoms with Gasteiger partial charge in [0, 0.05) is 10.6 Å². The van der Waals surface area contributed by atoms with E-state index in [1.165, 1.54) is 0 Å². The summed E-state index contributed by atoms with van der Waals surface area (Å²) in [6, 6.07) is 13.3. The summed E-state index contributed by atoms with van der Waals surface area (Å²) in [6.45, 7) is 2.43. The molecule has 0 aliphatic heterocycles. The van der Waals surface area contributed by atoms with Crippen LogP contribution in [0.2, 0.25) is 5.02 Å². The number of hydrogen-bond donors (Lipinski definition) is 1. The zero-order valence-electron chi connectivity index (χ0n) is 9.61. The monoisotopic (exact) mass is 247 g/mol. The van der Waals surface area contributed by atoms with E-state index in [1.807, 2.05) is 49.4 Å². The Balaban J connectivity index is 2.12. The Hall–Kier alpha value is -1.67. The Morgan fingerprint density at radius 1 is 1.18 bits per heavy atom. The molecular weight excluding hydrogens is 234 g/mol. The number of halogens is 1. The lowest BCUT2D eigenvalue weighted by Gasteiger charge is -2.10. The molecule has 0 aliphatic rings. The number of anilines is 1. The van der Waals surface area contributed by atoms with Crippen LogP contribution in [0.25, 0.3) is 0 Å². The molecule has 0 fully saturated rings. The molecular formula is C14H14ClNO. The van der Waals surface area contributed by atoms with E-state index >= 15 is 0 Å². The second-order valence-electron chi connectivity index (χ2n) is 3.92. The lowest BCUT2D eigenvalue weighted by Crippen LogP contribution is -1.99. The maximum Gasteiger partial charge on any atom is 0.142 e. The third kappa shape index (κ3) is 2.92. The van der Waals surface area contributed by atoms with Gasteiger partial charge in [-0.3, -0.25) is 0 Å². The fourth-order valence-corrected chi connectivity index (χ4v) is 1.73. The van der Waals surface area contributed by atoms with Gasteiger partial charge in [-0.25, -0.2) is 0 Å². The van der Waals surface area contributed by atoms with Crippen molar-refractivity contribution in [1.82, 2.24) is 0 Å². The Morgan fingerprint density at radius 3 is 2.71 bits per heavy atom. The highest BCUT2D eigenvalue weighted by atomic mass is 35.5. The van der Waals surface area contributed by atoms with E-state index in [0.717, 1.165) is 11.1 Å². The first-order chi connectivity index (χ1) is 8.16. The van der Waals surface area contributed by atoms with Crippen LogP contribution in [-0.4, -0.2) is 0 Å². The number of aryl methyl sites for hydroxylation is 1. The molecule has 0 saturated carbocycles. The molecule has 0 atom stereocenters. The number of nitrogen functional groups attached to an aromatic ring is 1. The third-order valence-electron chi connectivity index (χ3n) is 2.51. The first kappa shape index (κ1) is 11.8. The van der Waals surface area contributed by atoms with Crippen LogP contribution in [0, 0.1) is 6.92 Å². The van der Waals surface area contributed by atoms with E-state index in [2.05, 4.69) is 0 Å². The van der Waals surface area contributed by atoms with Gasteiger partial charge in [-0.1, -0.05) is 35.9 Å². The molecule has 0 bridgehead atoms. The largest absolute Gasteiger partial charge is 0.487 e. The standard InChI is InChI=1S/C14H14ClNO/c1-10-6-7-13(16)14(8-10)17-9-11-4-2-3-5-12(11)15/h2-8H,9,16H2,1H3. The molecule has 0 heterocycles. The second-order valence-corrected chi connectivity index (χ2v) is 4.33. The van der Waals surface area contributed by atoms with Gasteiger partial charge in [-0.15, -0.1) is 0 Å². The molecule has 2 aromatic carbocycles. The van der Waals surface area contributed by atoms with Crippen LogP contribution in [0.3, 0.4) is 0 Å². The molecule has 0 radical (unpaired) electrons. The molecule has 17 heavy (non-hydrogen) atoms. The molecule has 0 spiro atoms. The topological polar surface area (TPSA) is 35.2 Å². The van der Waals surface area contributed by atoms with Gasteiger partial charge in [-0.2, -0.15) is 0 Å². The van der Waals surface area contributed by atoms with Gasteiger partial charge in [-0.05, 0) is 30.7 Å². The number of ether oxygens (including phenoxy) is 1. The van der Waals surface area contributed by atoms with Gasteiger partial charge in [0.15, 0.2) is 0 Å². The predicted molar refractivity (Wildman–Crippen MR) is 71.4 cm³/mol. The molecule has 0 aliphatic carbocycles. The van der Waals surface area contributed by atoms with Crippen molar-refractivity contribution in [3.63, 3.8) is 0 Å². The fourth-order valence-electron chi connectivity index (χ4n) is 1.54. The van der Waals surface area contributed by atoms with Gasteiger partial charge in [0.05, 0.1) is 5.69 Å². The average molecular weight is 248 g/mol. The van der Waals surface area contributed by atoms with Crippen LogP contribution in [0.1, 0.15) is 11.1 Å². The van der Waals surface area contributed by atoms with Crippen LogP contribution in [0.4, 0.5) is 5.69 Å². The van der Waals surface area contributed by atoms with Crippen LogP contribution < -0.4 is 10.5 Å². The Kier molecular flexibility index (Phi) is 3.55. The van der Waals surface area contributed by atoms with Gasteiger partial charge in [0.25, 0.3) is 0 Å². The minimum Gasteiger partial charge on any atom is -0.487 e. The third-order valence-corrected chi connectivity index (χ3v) is 2.88. The summed E-state index contributed by atoms with van der Waals surface area (Å²) in [7, 11) is 0. The molecule has 3 heteroatoms. The second kappa shape index (κ2) is 5.11. The Morgan fingerprint density at radius 2 is 1.94 bits per heavy atom. The maximum absolute atomic E-state index is 6.05. The molecule has 0 aromatic heterocycles. The highest BCUT2D eigenvalue weighted by Gasteiger charge is 2.03. The Labute approximate surface area is 106 Å². The van der Waals surface area contributed by atoms with Gasteiger partial charge in [0.1, 0.15) is 12.4 Å². The minimum atomic E-state index is 0.424. The van der Waals surface area contributed by atoms with Gasteiger partial charge < -0.3 is 10.5 Å². The quantitative estimate of drug-likeness (QED) is 0.837. The van der Waals surface area contributed by atoms with Crippen LogP contribution in [0.15, 0.2) is 42.5 Å². The van der Waals surface area contributed by atoms with Crippen molar-refractivity contribution in [2.45, 2.75) is 13.5 Å². The van der Waals surface area contributed by atoms with E-state index in [-0.39, 0.29) is 0 Å². The first-order valence-electron chi connectivity index (χ1n) is 5.39. The molecule has 88 valence electrons. The van der Waals surface area contributed by atoms with Crippen molar-refractivity contribution >= 4 is 17.3 Å². The van der Waals surface area contributed by atoms with Crippen molar-refractivity contribution < 1.29 is 4.74 Å². The van der Waals surface area contributed by atoms with Gasteiger partial charge >= 0.3 is 0 Å². The highest BCUT2D eigenvalue weighted by Crippen LogP contribution is 2.24. The number of benzene rings is 2. The minimum absolute atomic E-state index is 0.424. The van der Waals surface area contributed by atoms with E-state index < -0.39 is 0 Å². The van der Waals surface area contributed by atoms with Crippen LogP contribution >= 0.6 is 11.6 Å². The van der Waals surface area contributed by atoms with Crippen molar-refractivity contribution in [2.75, 3.05) is 5.73 Å². The van der Waals surface area contributed by atoms with Crippen molar-refractivity contribution in [3.05, 3.63) is 58.6 Å². The van der Waals surface area contributed by atoms with E-state index in [9.17, 15) is 0 Å². The predicted octanol–water partition coefficient (Wildman–Crippen LogP) is 3.81. The van der Waals surface area contributed by atoms with Crippen LogP contribution in [-0.2, 0) is 6.61 Å². The molecule has 0 unspecified atom stereocenters.